The number of nitrogens with two attached hydrogens (primary N) is 1. The highest BCUT2D eigenvalue weighted by Crippen LogP contribution is 2.32. The van der Waals surface area contributed by atoms with Crippen molar-refractivity contribution in [2.24, 2.45) is 5.73 Å². The van der Waals surface area contributed by atoms with Crippen molar-refractivity contribution in [2.75, 3.05) is 4.72 Å². The van der Waals surface area contributed by atoms with Gasteiger partial charge in [-0.2, -0.15) is 0 Å². The van der Waals surface area contributed by atoms with Crippen molar-refractivity contribution < 1.29 is 8.42 Å². The molecule has 0 bridgehead atoms. The zero-order chi connectivity index (χ0) is 15.6. The first-order valence-corrected chi connectivity index (χ1v) is 8.83. The van der Waals surface area contributed by atoms with Gasteiger partial charge in [-0.3, -0.25) is 4.72 Å². The average Bonchev–Trinajstić information content (AvgIpc) is 2.43. The summed E-state index contributed by atoms with van der Waals surface area (Å²) in [5.74, 6) is 0. The van der Waals surface area contributed by atoms with E-state index in [1.54, 1.807) is 24.3 Å². The highest BCUT2D eigenvalue weighted by atomic mass is 79.9. The molecule has 21 heavy (non-hydrogen) atoms. The highest BCUT2D eigenvalue weighted by Gasteiger charge is 2.17. The number of halogens is 3. The van der Waals surface area contributed by atoms with Gasteiger partial charge in [0.25, 0.3) is 10.0 Å². The molecular weight excluding hydrogens is 399 g/mol. The Bertz CT molecular complexity index is 782. The molecule has 0 saturated heterocycles. The molecule has 0 aliphatic heterocycles. The Morgan fingerprint density at radius 3 is 2.48 bits per heavy atom. The number of sulfonamides is 1. The monoisotopic (exact) mass is 408 g/mol. The van der Waals surface area contributed by atoms with Crippen LogP contribution in [0.4, 0.5) is 5.69 Å². The van der Waals surface area contributed by atoms with Crippen LogP contribution in [0.1, 0.15) is 5.56 Å². The summed E-state index contributed by atoms with van der Waals surface area (Å²) in [4.78, 5) is 0.0524. The van der Waals surface area contributed by atoms with E-state index in [-0.39, 0.29) is 11.4 Å². The van der Waals surface area contributed by atoms with Gasteiger partial charge in [-0.1, -0.05) is 35.3 Å². The second kappa shape index (κ2) is 6.54. The van der Waals surface area contributed by atoms with Crippen LogP contribution in [0, 0.1) is 0 Å². The highest BCUT2D eigenvalue weighted by molar-refractivity contribution is 9.10. The van der Waals surface area contributed by atoms with Crippen molar-refractivity contribution in [2.45, 2.75) is 11.4 Å². The fourth-order valence-electron chi connectivity index (χ4n) is 1.65. The van der Waals surface area contributed by atoms with Crippen molar-refractivity contribution in [1.29, 1.82) is 0 Å². The second-order valence-electron chi connectivity index (χ2n) is 4.16. The van der Waals surface area contributed by atoms with Crippen LogP contribution in [0.2, 0.25) is 10.0 Å². The molecule has 0 unspecified atom stereocenters. The van der Waals surface area contributed by atoms with Gasteiger partial charge in [0.05, 0.1) is 20.1 Å². The molecule has 2 aromatic carbocycles. The predicted molar refractivity (Wildman–Crippen MR) is 89.3 cm³/mol. The molecule has 0 aliphatic rings. The summed E-state index contributed by atoms with van der Waals surface area (Å²) in [5, 5.41) is 0.720. The van der Waals surface area contributed by atoms with Crippen molar-refractivity contribution in [3.05, 3.63) is 56.5 Å². The van der Waals surface area contributed by atoms with Gasteiger partial charge in [-0.15, -0.1) is 0 Å². The lowest BCUT2D eigenvalue weighted by atomic mass is 10.2. The van der Waals surface area contributed by atoms with E-state index in [1.807, 2.05) is 0 Å². The van der Waals surface area contributed by atoms with Crippen molar-refractivity contribution >= 4 is 54.8 Å². The van der Waals surface area contributed by atoms with Crippen molar-refractivity contribution in [1.82, 2.24) is 0 Å². The van der Waals surface area contributed by atoms with Crippen LogP contribution in [0.3, 0.4) is 0 Å². The number of hydrogen-bond acceptors (Lipinski definition) is 3. The Labute approximate surface area is 141 Å². The molecule has 2 aromatic rings. The van der Waals surface area contributed by atoms with Gasteiger partial charge >= 0.3 is 0 Å². The standard InChI is InChI=1S/C13H11BrCl2N2O2S/c14-13-10(15)2-1-3-12(13)18-21(19,20)9-5-4-8(7-17)11(16)6-9/h1-6,18H,7,17H2. The molecule has 8 heteroatoms. The molecule has 0 atom stereocenters. The fraction of sp³-hybridized carbons (Fsp3) is 0.0769. The lowest BCUT2D eigenvalue weighted by Gasteiger charge is -2.11. The predicted octanol–water partition coefficient (Wildman–Crippen LogP) is 4.02. The summed E-state index contributed by atoms with van der Waals surface area (Å²) in [6, 6.07) is 9.30. The van der Waals surface area contributed by atoms with Crippen LogP contribution in [0.25, 0.3) is 0 Å². The third-order valence-corrected chi connectivity index (χ3v) is 5.86. The van der Waals surface area contributed by atoms with E-state index in [0.717, 1.165) is 0 Å². The minimum absolute atomic E-state index is 0.0524. The molecule has 0 aliphatic carbocycles. The zero-order valence-electron chi connectivity index (χ0n) is 10.6. The van der Waals surface area contributed by atoms with Crippen LogP contribution >= 0.6 is 39.1 Å². The summed E-state index contributed by atoms with van der Waals surface area (Å²) in [6.45, 7) is 0.242. The number of anilines is 1. The largest absolute Gasteiger partial charge is 0.326 e. The van der Waals surface area contributed by atoms with E-state index in [9.17, 15) is 8.42 Å². The third kappa shape index (κ3) is 3.70. The van der Waals surface area contributed by atoms with Gasteiger partial charge in [0.15, 0.2) is 0 Å². The first-order valence-electron chi connectivity index (χ1n) is 5.80. The summed E-state index contributed by atoms with van der Waals surface area (Å²) < 4.78 is 27.6. The fourth-order valence-corrected chi connectivity index (χ4v) is 3.74. The lowest BCUT2D eigenvalue weighted by molar-refractivity contribution is 0.601. The quantitative estimate of drug-likeness (QED) is 0.800. The zero-order valence-corrected chi connectivity index (χ0v) is 14.5. The summed E-state index contributed by atoms with van der Waals surface area (Å²) in [6.07, 6.45) is 0. The molecule has 0 saturated carbocycles. The number of hydrogen-bond donors (Lipinski definition) is 2. The van der Waals surface area contributed by atoms with E-state index in [2.05, 4.69) is 20.7 Å². The van der Waals surface area contributed by atoms with Gasteiger partial charge in [-0.25, -0.2) is 8.42 Å². The summed E-state index contributed by atoms with van der Waals surface area (Å²) in [7, 11) is -3.76. The van der Waals surface area contributed by atoms with Crippen LogP contribution < -0.4 is 10.5 Å². The third-order valence-electron chi connectivity index (χ3n) is 2.75. The number of rotatable bonds is 4. The molecule has 0 fully saturated rings. The Morgan fingerprint density at radius 2 is 1.86 bits per heavy atom. The molecule has 4 nitrogen and oxygen atoms in total. The van der Waals surface area contributed by atoms with Gasteiger partial charge in [0, 0.05) is 11.6 Å². The summed E-state index contributed by atoms with van der Waals surface area (Å²) in [5.41, 5.74) is 6.53. The van der Waals surface area contributed by atoms with E-state index in [0.29, 0.717) is 25.8 Å². The van der Waals surface area contributed by atoms with Crippen LogP contribution in [0.15, 0.2) is 45.8 Å². The Morgan fingerprint density at radius 1 is 1.14 bits per heavy atom. The van der Waals surface area contributed by atoms with E-state index in [4.69, 9.17) is 28.9 Å². The van der Waals surface area contributed by atoms with E-state index in [1.165, 1.54) is 12.1 Å². The molecule has 0 radical (unpaired) electrons. The first-order chi connectivity index (χ1) is 9.85. The molecule has 0 aromatic heterocycles. The minimum atomic E-state index is -3.76. The van der Waals surface area contributed by atoms with Crippen LogP contribution in [-0.4, -0.2) is 8.42 Å². The second-order valence-corrected chi connectivity index (χ2v) is 7.45. The van der Waals surface area contributed by atoms with Gasteiger partial charge in [0.2, 0.25) is 0 Å². The van der Waals surface area contributed by atoms with Crippen molar-refractivity contribution in [3.63, 3.8) is 0 Å². The Balaban J connectivity index is 2.39. The van der Waals surface area contributed by atoms with Crippen LogP contribution in [-0.2, 0) is 16.6 Å². The molecular formula is C13H11BrCl2N2O2S. The Kier molecular flexibility index (Phi) is 5.16. The normalized spacial score (nSPS) is 11.4. The maximum Gasteiger partial charge on any atom is 0.261 e. The molecule has 112 valence electrons. The molecule has 0 amide bonds. The van der Waals surface area contributed by atoms with E-state index < -0.39 is 10.0 Å². The maximum absolute atomic E-state index is 12.4. The smallest absolute Gasteiger partial charge is 0.261 e. The minimum Gasteiger partial charge on any atom is -0.326 e. The van der Waals surface area contributed by atoms with Gasteiger partial charge in [-0.05, 0) is 45.8 Å². The SMILES string of the molecule is NCc1ccc(S(=O)(=O)Nc2cccc(Cl)c2Br)cc1Cl. The molecule has 2 rings (SSSR count). The maximum atomic E-state index is 12.4. The lowest BCUT2D eigenvalue weighted by Crippen LogP contribution is -2.13. The molecule has 0 spiro atoms. The number of benzene rings is 2. The topological polar surface area (TPSA) is 72.2 Å². The van der Waals surface area contributed by atoms with E-state index >= 15 is 0 Å². The number of nitrogens with one attached hydrogen (secondary N) is 1. The first kappa shape index (κ1) is 16.6. The molecule has 3 N–H and O–H groups in total. The summed E-state index contributed by atoms with van der Waals surface area (Å²) >= 11 is 15.2. The van der Waals surface area contributed by atoms with Crippen molar-refractivity contribution in [3.8, 4) is 0 Å². The van der Waals surface area contributed by atoms with Gasteiger partial charge in [0.1, 0.15) is 0 Å². The van der Waals surface area contributed by atoms with Gasteiger partial charge < -0.3 is 5.73 Å². The molecule has 0 heterocycles. The van der Waals surface area contributed by atoms with Crippen LogP contribution in [0.5, 0.6) is 0 Å². The Hall–Kier alpha value is -0.790. The average molecular weight is 410 g/mol.